The quantitative estimate of drug-likeness (QED) is 0.734. The fraction of sp³-hybridized carbons (Fsp3) is 0.769. The first kappa shape index (κ1) is 13.2. The Morgan fingerprint density at radius 3 is 2.69 bits per heavy atom. The molecule has 0 spiro atoms. The van der Waals surface area contributed by atoms with Gasteiger partial charge in [0.05, 0.1) is 6.20 Å². The van der Waals surface area contributed by atoms with Gasteiger partial charge in [0.15, 0.2) is 0 Å². The van der Waals surface area contributed by atoms with Crippen molar-refractivity contribution in [1.82, 2.24) is 15.1 Å². The Balaban J connectivity index is 2.58. The lowest BCUT2D eigenvalue weighted by molar-refractivity contribution is 0.481. The predicted molar refractivity (Wildman–Crippen MR) is 68.5 cm³/mol. The standard InChI is InChI=1S/C13H25N3/c1-4-7-8-13(14-9-5-2)12-10-15-16(6-3)11-12/h10-11,13-14H,4-9H2,1-3H3. The van der Waals surface area contributed by atoms with E-state index in [1.165, 1.54) is 31.2 Å². The summed E-state index contributed by atoms with van der Waals surface area (Å²) in [5, 5.41) is 7.95. The fourth-order valence-corrected chi connectivity index (χ4v) is 1.85. The largest absolute Gasteiger partial charge is 0.310 e. The van der Waals surface area contributed by atoms with Crippen molar-refractivity contribution in [2.24, 2.45) is 0 Å². The molecular weight excluding hydrogens is 198 g/mol. The molecule has 0 aliphatic heterocycles. The van der Waals surface area contributed by atoms with Crippen LogP contribution in [-0.2, 0) is 6.54 Å². The van der Waals surface area contributed by atoms with Crippen LogP contribution in [0.25, 0.3) is 0 Å². The molecule has 0 saturated heterocycles. The Morgan fingerprint density at radius 2 is 2.12 bits per heavy atom. The number of hydrogen-bond acceptors (Lipinski definition) is 2. The summed E-state index contributed by atoms with van der Waals surface area (Å²) in [6.07, 6.45) is 9.11. The lowest BCUT2D eigenvalue weighted by Crippen LogP contribution is -2.21. The van der Waals surface area contributed by atoms with Crippen molar-refractivity contribution < 1.29 is 0 Å². The first-order valence-corrected chi connectivity index (χ1v) is 6.57. The third-order valence-corrected chi connectivity index (χ3v) is 2.87. The van der Waals surface area contributed by atoms with Crippen LogP contribution in [0.2, 0.25) is 0 Å². The van der Waals surface area contributed by atoms with Gasteiger partial charge in [0.25, 0.3) is 0 Å². The number of aryl methyl sites for hydroxylation is 1. The highest BCUT2D eigenvalue weighted by atomic mass is 15.3. The van der Waals surface area contributed by atoms with Crippen molar-refractivity contribution in [2.45, 2.75) is 59.0 Å². The third kappa shape index (κ3) is 3.97. The molecular formula is C13H25N3. The molecule has 1 unspecified atom stereocenters. The zero-order chi connectivity index (χ0) is 11.8. The van der Waals surface area contributed by atoms with E-state index in [4.69, 9.17) is 0 Å². The normalized spacial score (nSPS) is 12.9. The molecule has 1 heterocycles. The van der Waals surface area contributed by atoms with Crippen molar-refractivity contribution >= 4 is 0 Å². The molecule has 1 aromatic rings. The molecule has 92 valence electrons. The van der Waals surface area contributed by atoms with E-state index >= 15 is 0 Å². The van der Waals surface area contributed by atoms with Crippen LogP contribution < -0.4 is 5.32 Å². The molecule has 0 aliphatic carbocycles. The topological polar surface area (TPSA) is 29.9 Å². The first-order valence-electron chi connectivity index (χ1n) is 6.57. The lowest BCUT2D eigenvalue weighted by Gasteiger charge is -2.16. The molecule has 1 rings (SSSR count). The minimum absolute atomic E-state index is 0.486. The van der Waals surface area contributed by atoms with E-state index < -0.39 is 0 Å². The van der Waals surface area contributed by atoms with Gasteiger partial charge >= 0.3 is 0 Å². The predicted octanol–water partition coefficient (Wildman–Crippen LogP) is 3.13. The Morgan fingerprint density at radius 1 is 1.31 bits per heavy atom. The number of nitrogens with zero attached hydrogens (tertiary/aromatic N) is 2. The molecule has 3 heteroatoms. The van der Waals surface area contributed by atoms with Crippen molar-refractivity contribution in [2.75, 3.05) is 6.54 Å². The van der Waals surface area contributed by atoms with Gasteiger partial charge in [-0.1, -0.05) is 26.7 Å². The van der Waals surface area contributed by atoms with Gasteiger partial charge in [-0.05, 0) is 26.3 Å². The fourth-order valence-electron chi connectivity index (χ4n) is 1.85. The summed E-state index contributed by atoms with van der Waals surface area (Å²) in [6.45, 7) is 8.61. The van der Waals surface area contributed by atoms with E-state index in [0.717, 1.165) is 13.1 Å². The van der Waals surface area contributed by atoms with Crippen LogP contribution in [0.15, 0.2) is 12.4 Å². The third-order valence-electron chi connectivity index (χ3n) is 2.87. The van der Waals surface area contributed by atoms with E-state index in [9.17, 15) is 0 Å². The van der Waals surface area contributed by atoms with E-state index in [0.29, 0.717) is 6.04 Å². The second kappa shape index (κ2) is 7.44. The van der Waals surface area contributed by atoms with Crippen LogP contribution >= 0.6 is 0 Å². The summed E-state index contributed by atoms with van der Waals surface area (Å²) in [4.78, 5) is 0. The Hall–Kier alpha value is -0.830. The van der Waals surface area contributed by atoms with Crippen LogP contribution in [0.3, 0.4) is 0 Å². The van der Waals surface area contributed by atoms with Crippen molar-refractivity contribution in [3.05, 3.63) is 18.0 Å². The van der Waals surface area contributed by atoms with Crippen molar-refractivity contribution in [3.63, 3.8) is 0 Å². The van der Waals surface area contributed by atoms with E-state index in [2.05, 4.69) is 37.4 Å². The van der Waals surface area contributed by atoms with Gasteiger partial charge in [0.2, 0.25) is 0 Å². The number of hydrogen-bond donors (Lipinski definition) is 1. The highest BCUT2D eigenvalue weighted by molar-refractivity contribution is 5.10. The molecule has 0 amide bonds. The maximum absolute atomic E-state index is 4.35. The monoisotopic (exact) mass is 223 g/mol. The van der Waals surface area contributed by atoms with Gasteiger partial charge in [-0.25, -0.2) is 0 Å². The van der Waals surface area contributed by atoms with E-state index in [1.54, 1.807) is 0 Å². The lowest BCUT2D eigenvalue weighted by atomic mass is 10.0. The van der Waals surface area contributed by atoms with Crippen molar-refractivity contribution in [3.8, 4) is 0 Å². The van der Waals surface area contributed by atoms with Gasteiger partial charge in [0, 0.05) is 24.3 Å². The minimum Gasteiger partial charge on any atom is -0.310 e. The maximum atomic E-state index is 4.35. The summed E-state index contributed by atoms with van der Waals surface area (Å²) in [5.41, 5.74) is 1.34. The first-order chi connectivity index (χ1) is 7.81. The number of rotatable bonds is 8. The summed E-state index contributed by atoms with van der Waals surface area (Å²) < 4.78 is 2.00. The highest BCUT2D eigenvalue weighted by Crippen LogP contribution is 2.18. The van der Waals surface area contributed by atoms with Gasteiger partial charge in [-0.3, -0.25) is 4.68 Å². The summed E-state index contributed by atoms with van der Waals surface area (Å²) >= 11 is 0. The zero-order valence-electron chi connectivity index (χ0n) is 10.9. The van der Waals surface area contributed by atoms with Crippen LogP contribution in [0, 0.1) is 0 Å². The highest BCUT2D eigenvalue weighted by Gasteiger charge is 2.11. The molecule has 0 saturated carbocycles. The number of aromatic nitrogens is 2. The molecule has 1 atom stereocenters. The smallest absolute Gasteiger partial charge is 0.0537 e. The summed E-state index contributed by atoms with van der Waals surface area (Å²) in [5.74, 6) is 0. The van der Waals surface area contributed by atoms with Crippen molar-refractivity contribution in [1.29, 1.82) is 0 Å². The number of unbranched alkanes of at least 4 members (excludes halogenated alkanes) is 1. The molecule has 1 N–H and O–H groups in total. The molecule has 0 aliphatic rings. The average Bonchev–Trinajstić information content (AvgIpc) is 2.78. The van der Waals surface area contributed by atoms with Crippen LogP contribution in [0.5, 0.6) is 0 Å². The summed E-state index contributed by atoms with van der Waals surface area (Å²) in [6, 6.07) is 0.486. The Kier molecular flexibility index (Phi) is 6.16. The van der Waals surface area contributed by atoms with Gasteiger partial charge in [-0.2, -0.15) is 5.10 Å². The van der Waals surface area contributed by atoms with Crippen LogP contribution in [0.1, 0.15) is 58.1 Å². The van der Waals surface area contributed by atoms with Crippen LogP contribution in [0.4, 0.5) is 0 Å². The number of nitrogens with one attached hydrogen (secondary N) is 1. The summed E-state index contributed by atoms with van der Waals surface area (Å²) in [7, 11) is 0. The van der Waals surface area contributed by atoms with Gasteiger partial charge in [-0.15, -0.1) is 0 Å². The maximum Gasteiger partial charge on any atom is 0.0537 e. The molecule has 0 aromatic carbocycles. The molecule has 0 fully saturated rings. The Labute approximate surface area is 99.2 Å². The van der Waals surface area contributed by atoms with Gasteiger partial charge in [0.1, 0.15) is 0 Å². The average molecular weight is 223 g/mol. The molecule has 1 aromatic heterocycles. The van der Waals surface area contributed by atoms with E-state index in [-0.39, 0.29) is 0 Å². The van der Waals surface area contributed by atoms with Gasteiger partial charge < -0.3 is 5.32 Å². The molecule has 16 heavy (non-hydrogen) atoms. The molecule has 3 nitrogen and oxygen atoms in total. The Bertz CT molecular complexity index is 272. The second-order valence-corrected chi connectivity index (χ2v) is 4.28. The van der Waals surface area contributed by atoms with Crippen LogP contribution in [-0.4, -0.2) is 16.3 Å². The molecule has 0 bridgehead atoms. The SMILES string of the molecule is CCCCC(NCCC)c1cnn(CC)c1. The second-order valence-electron chi connectivity index (χ2n) is 4.28. The molecule has 0 radical (unpaired) electrons. The minimum atomic E-state index is 0.486. The zero-order valence-corrected chi connectivity index (χ0v) is 10.9. The van der Waals surface area contributed by atoms with E-state index in [1.807, 2.05) is 10.9 Å².